The predicted molar refractivity (Wildman–Crippen MR) is 179 cm³/mol. The molecule has 0 aliphatic rings. The van der Waals surface area contributed by atoms with Gasteiger partial charge in [-0.25, -0.2) is 4.79 Å². The van der Waals surface area contributed by atoms with Gasteiger partial charge in [0.05, 0.1) is 0 Å². The Morgan fingerprint density at radius 3 is 1.93 bits per heavy atom. The topological polar surface area (TPSA) is 86.5 Å². The lowest BCUT2D eigenvalue weighted by atomic mass is 10.1. The molecule has 0 fully saturated rings. The molecule has 7 nitrogen and oxygen atoms in total. The van der Waals surface area contributed by atoms with Crippen LogP contribution in [0.25, 0.3) is 22.2 Å². The zero-order valence-electron chi connectivity index (χ0n) is 26.0. The number of nitrogens with zero attached hydrogens (tertiary/aromatic N) is 1. The minimum atomic E-state index is -0.626. The van der Waals surface area contributed by atoms with Gasteiger partial charge in [0.15, 0.2) is 0 Å². The van der Waals surface area contributed by atoms with Crippen LogP contribution in [0.4, 0.5) is 16.2 Å². The Morgan fingerprint density at radius 2 is 1.36 bits per heavy atom. The van der Waals surface area contributed by atoms with E-state index in [1.165, 1.54) is 22.3 Å². The third-order valence-corrected chi connectivity index (χ3v) is 7.23. The number of fused-ring (bicyclic) bond motifs is 1. The van der Waals surface area contributed by atoms with Crippen molar-refractivity contribution in [2.75, 3.05) is 16.8 Å². The summed E-state index contributed by atoms with van der Waals surface area (Å²) in [6.45, 7) is 11.0. The highest BCUT2D eigenvalue weighted by Crippen LogP contribution is 2.30. The SMILES string of the molecule is Cc1ccc(CN(Cc2ccc(C)cc2)c2ccc3[nH]c(-c4ccc(NC(=O)CNC(=O)OC(C)(C)C)cc4)cc3c2)cc1. The number of benzene rings is 4. The Hall–Kier alpha value is -5.04. The molecule has 2 amide bonds. The maximum Gasteiger partial charge on any atom is 0.408 e. The van der Waals surface area contributed by atoms with Crippen molar-refractivity contribution in [3.8, 4) is 11.3 Å². The van der Waals surface area contributed by atoms with Crippen LogP contribution < -0.4 is 15.5 Å². The number of aromatic nitrogens is 1. The largest absolute Gasteiger partial charge is 0.444 e. The highest BCUT2D eigenvalue weighted by Gasteiger charge is 2.17. The van der Waals surface area contributed by atoms with Crippen LogP contribution in [-0.4, -0.2) is 29.1 Å². The number of nitrogens with one attached hydrogen (secondary N) is 3. The fourth-order valence-electron chi connectivity index (χ4n) is 4.94. The van der Waals surface area contributed by atoms with Crippen molar-refractivity contribution in [2.45, 2.75) is 53.3 Å². The average molecular weight is 589 g/mol. The van der Waals surface area contributed by atoms with Crippen molar-refractivity contribution >= 4 is 34.3 Å². The molecule has 0 spiro atoms. The first-order valence-corrected chi connectivity index (χ1v) is 14.9. The van der Waals surface area contributed by atoms with Crippen LogP contribution in [0.2, 0.25) is 0 Å². The van der Waals surface area contributed by atoms with Crippen molar-refractivity contribution in [1.82, 2.24) is 10.3 Å². The third kappa shape index (κ3) is 8.28. The maximum absolute atomic E-state index is 12.3. The number of carbonyl (C=O) groups is 2. The van der Waals surface area contributed by atoms with E-state index in [4.69, 9.17) is 4.74 Å². The van der Waals surface area contributed by atoms with E-state index in [1.807, 2.05) is 24.3 Å². The van der Waals surface area contributed by atoms with Gasteiger partial charge in [0, 0.05) is 41.1 Å². The summed E-state index contributed by atoms with van der Waals surface area (Å²) in [5, 5.41) is 6.41. The van der Waals surface area contributed by atoms with Crippen molar-refractivity contribution in [2.24, 2.45) is 0 Å². The van der Waals surface area contributed by atoms with Crippen molar-refractivity contribution in [1.29, 1.82) is 0 Å². The Balaban J connectivity index is 1.29. The summed E-state index contributed by atoms with van der Waals surface area (Å²) in [5.41, 5.74) is 9.28. The van der Waals surface area contributed by atoms with Crippen LogP contribution in [0, 0.1) is 13.8 Å². The summed E-state index contributed by atoms with van der Waals surface area (Å²) >= 11 is 0. The van der Waals surface area contributed by atoms with E-state index in [1.54, 1.807) is 20.8 Å². The maximum atomic E-state index is 12.3. The van der Waals surface area contributed by atoms with Gasteiger partial charge in [-0.15, -0.1) is 0 Å². The first-order valence-electron chi connectivity index (χ1n) is 14.9. The second-order valence-electron chi connectivity index (χ2n) is 12.3. The molecule has 226 valence electrons. The van der Waals surface area contributed by atoms with Gasteiger partial charge in [0.1, 0.15) is 12.1 Å². The Labute approximate surface area is 259 Å². The second-order valence-corrected chi connectivity index (χ2v) is 12.3. The molecule has 0 aliphatic carbocycles. The first-order chi connectivity index (χ1) is 21.0. The van der Waals surface area contributed by atoms with Crippen LogP contribution in [0.5, 0.6) is 0 Å². The molecule has 3 N–H and O–H groups in total. The number of carbonyl (C=O) groups excluding carboxylic acids is 2. The highest BCUT2D eigenvalue weighted by atomic mass is 16.6. The van der Waals surface area contributed by atoms with Crippen LogP contribution in [-0.2, 0) is 22.6 Å². The number of rotatable bonds is 9. The molecular weight excluding hydrogens is 548 g/mol. The molecule has 5 rings (SSSR count). The normalized spacial score (nSPS) is 11.3. The fraction of sp³-hybridized carbons (Fsp3) is 0.243. The zero-order chi connectivity index (χ0) is 31.3. The summed E-state index contributed by atoms with van der Waals surface area (Å²) in [6.07, 6.45) is -0.626. The summed E-state index contributed by atoms with van der Waals surface area (Å²) in [6, 6.07) is 33.8. The quantitative estimate of drug-likeness (QED) is 0.162. The van der Waals surface area contributed by atoms with Gasteiger partial charge in [-0.05, 0) is 87.7 Å². The minimum absolute atomic E-state index is 0.175. The molecule has 0 atom stereocenters. The molecule has 1 aromatic heterocycles. The van der Waals surface area contributed by atoms with E-state index < -0.39 is 11.7 Å². The standard InChI is InChI=1S/C37H40N4O3/c1-25-6-10-27(11-7-25)23-41(24-28-12-8-26(2)9-13-28)32-18-19-33-30(20-32)21-34(40-33)29-14-16-31(17-15-29)39-35(42)22-38-36(43)44-37(3,4)5/h6-21,40H,22-24H2,1-5H3,(H,38,43)(H,39,42). The molecule has 4 aromatic carbocycles. The molecule has 0 bridgehead atoms. The molecule has 0 saturated heterocycles. The number of H-pyrrole nitrogens is 1. The molecular formula is C37H40N4O3. The highest BCUT2D eigenvalue weighted by molar-refractivity contribution is 5.94. The number of aromatic amines is 1. The van der Waals surface area contributed by atoms with Gasteiger partial charge in [-0.1, -0.05) is 71.8 Å². The van der Waals surface area contributed by atoms with Crippen LogP contribution in [0.3, 0.4) is 0 Å². The number of anilines is 2. The Kier molecular flexibility index (Phi) is 9.04. The van der Waals surface area contributed by atoms with Gasteiger partial charge in [-0.3, -0.25) is 4.79 Å². The average Bonchev–Trinajstić information content (AvgIpc) is 3.41. The molecule has 0 radical (unpaired) electrons. The summed E-state index contributed by atoms with van der Waals surface area (Å²) in [7, 11) is 0. The first kappa shape index (κ1) is 30.4. The molecule has 0 unspecified atom stereocenters. The Bertz CT molecular complexity index is 1680. The van der Waals surface area contributed by atoms with E-state index >= 15 is 0 Å². The van der Waals surface area contributed by atoms with Crippen LogP contribution >= 0.6 is 0 Å². The molecule has 7 heteroatoms. The predicted octanol–water partition coefficient (Wildman–Crippen LogP) is 8.12. The van der Waals surface area contributed by atoms with Crippen LogP contribution in [0.15, 0.2) is 97.1 Å². The molecule has 0 saturated carbocycles. The number of ether oxygens (including phenoxy) is 1. The second kappa shape index (κ2) is 13.1. The van der Waals surface area contributed by atoms with E-state index in [0.717, 1.165) is 40.9 Å². The lowest BCUT2D eigenvalue weighted by Crippen LogP contribution is -2.37. The van der Waals surface area contributed by atoms with E-state index in [-0.39, 0.29) is 12.5 Å². The van der Waals surface area contributed by atoms with Crippen molar-refractivity contribution < 1.29 is 14.3 Å². The van der Waals surface area contributed by atoms with Crippen molar-refractivity contribution in [3.63, 3.8) is 0 Å². The van der Waals surface area contributed by atoms with Crippen LogP contribution in [0.1, 0.15) is 43.0 Å². The fourth-order valence-corrected chi connectivity index (χ4v) is 4.94. The lowest BCUT2D eigenvalue weighted by molar-refractivity contribution is -0.115. The van der Waals surface area contributed by atoms with Gasteiger partial charge in [-0.2, -0.15) is 0 Å². The molecule has 1 heterocycles. The number of aryl methyl sites for hydroxylation is 2. The molecule has 5 aromatic rings. The van der Waals surface area contributed by atoms with Gasteiger partial charge < -0.3 is 25.3 Å². The summed E-state index contributed by atoms with van der Waals surface area (Å²) < 4.78 is 5.17. The van der Waals surface area contributed by atoms with Gasteiger partial charge >= 0.3 is 6.09 Å². The number of hydrogen-bond donors (Lipinski definition) is 3. The van der Waals surface area contributed by atoms with Crippen molar-refractivity contribution in [3.05, 3.63) is 119 Å². The number of alkyl carbamates (subject to hydrolysis) is 1. The summed E-state index contributed by atoms with van der Waals surface area (Å²) in [4.78, 5) is 30.1. The van der Waals surface area contributed by atoms with E-state index in [9.17, 15) is 9.59 Å². The smallest absolute Gasteiger partial charge is 0.408 e. The number of hydrogen-bond acceptors (Lipinski definition) is 4. The molecule has 44 heavy (non-hydrogen) atoms. The molecule has 0 aliphatic heterocycles. The Morgan fingerprint density at radius 1 is 0.773 bits per heavy atom. The zero-order valence-corrected chi connectivity index (χ0v) is 26.0. The summed E-state index contributed by atoms with van der Waals surface area (Å²) in [5.74, 6) is -0.331. The lowest BCUT2D eigenvalue weighted by Gasteiger charge is -2.25. The van der Waals surface area contributed by atoms with E-state index in [0.29, 0.717) is 5.69 Å². The number of amides is 2. The third-order valence-electron chi connectivity index (χ3n) is 7.23. The monoisotopic (exact) mass is 588 g/mol. The minimum Gasteiger partial charge on any atom is -0.444 e. The van der Waals surface area contributed by atoms with Gasteiger partial charge in [0.2, 0.25) is 5.91 Å². The van der Waals surface area contributed by atoms with Gasteiger partial charge in [0.25, 0.3) is 0 Å². The van der Waals surface area contributed by atoms with E-state index in [2.05, 4.69) is 107 Å².